The molecule has 0 N–H and O–H groups in total. The zero-order valence-electron chi connectivity index (χ0n) is 14.8. The second-order valence-electron chi connectivity index (χ2n) is 6.75. The Hall–Kier alpha value is -2.40. The summed E-state index contributed by atoms with van der Waals surface area (Å²) in [6.45, 7) is 3.44. The molecular formula is C20H23FN2O2. The highest BCUT2D eigenvalue weighted by Gasteiger charge is 2.31. The fourth-order valence-corrected chi connectivity index (χ4v) is 3.16. The van der Waals surface area contributed by atoms with Gasteiger partial charge < -0.3 is 14.5 Å². The van der Waals surface area contributed by atoms with Gasteiger partial charge in [-0.3, -0.25) is 4.79 Å². The first kappa shape index (κ1) is 17.4. The van der Waals surface area contributed by atoms with E-state index in [4.69, 9.17) is 4.74 Å². The van der Waals surface area contributed by atoms with Gasteiger partial charge in [0.1, 0.15) is 18.2 Å². The molecule has 4 nitrogen and oxygen atoms in total. The van der Waals surface area contributed by atoms with Crippen LogP contribution < -0.4 is 4.74 Å². The lowest BCUT2D eigenvalue weighted by Gasteiger charge is -2.31. The first-order chi connectivity index (χ1) is 12.0. The Kier molecular flexibility index (Phi) is 5.04. The maximum Gasteiger partial charge on any atom is 0.257 e. The summed E-state index contributed by atoms with van der Waals surface area (Å²) in [5.41, 5.74) is 2.15. The number of nitrogens with zero attached hydrogens (tertiary/aromatic N) is 2. The van der Waals surface area contributed by atoms with Crippen molar-refractivity contribution in [2.45, 2.75) is 19.5 Å². The molecule has 1 heterocycles. The summed E-state index contributed by atoms with van der Waals surface area (Å²) in [4.78, 5) is 16.8. The third-order valence-corrected chi connectivity index (χ3v) is 4.37. The van der Waals surface area contributed by atoms with Crippen molar-refractivity contribution >= 4 is 5.91 Å². The Balaban J connectivity index is 1.98. The van der Waals surface area contributed by atoms with Crippen LogP contribution in [-0.2, 0) is 6.54 Å². The number of hydrogen-bond donors (Lipinski definition) is 0. The van der Waals surface area contributed by atoms with Gasteiger partial charge in [0.25, 0.3) is 5.91 Å². The fourth-order valence-electron chi connectivity index (χ4n) is 3.16. The summed E-state index contributed by atoms with van der Waals surface area (Å²) in [5, 5.41) is 0. The molecular weight excluding hydrogens is 319 g/mol. The van der Waals surface area contributed by atoms with Gasteiger partial charge in [-0.1, -0.05) is 29.8 Å². The van der Waals surface area contributed by atoms with Crippen molar-refractivity contribution in [3.05, 3.63) is 65.0 Å². The van der Waals surface area contributed by atoms with Gasteiger partial charge in [0, 0.05) is 12.1 Å². The van der Waals surface area contributed by atoms with Crippen LogP contribution in [0.15, 0.2) is 42.5 Å². The van der Waals surface area contributed by atoms with E-state index in [2.05, 4.69) is 0 Å². The maximum atomic E-state index is 14.2. The topological polar surface area (TPSA) is 32.8 Å². The molecule has 132 valence electrons. The highest BCUT2D eigenvalue weighted by Crippen LogP contribution is 2.27. The Labute approximate surface area is 147 Å². The van der Waals surface area contributed by atoms with E-state index in [9.17, 15) is 9.18 Å². The smallest absolute Gasteiger partial charge is 0.257 e. The zero-order chi connectivity index (χ0) is 18.0. The number of likely N-dealkylation sites (N-methyl/N-ethyl adjacent to an activating group) is 1. The lowest BCUT2D eigenvalue weighted by atomic mass is 10.1. The summed E-state index contributed by atoms with van der Waals surface area (Å²) in [6.07, 6.45) is 0. The number of rotatable bonds is 3. The number of ether oxygens (including phenoxy) is 1. The fraction of sp³-hybridized carbons (Fsp3) is 0.350. The summed E-state index contributed by atoms with van der Waals surface area (Å²) in [5.74, 6) is -0.00756. The second-order valence-corrected chi connectivity index (χ2v) is 6.75. The Bertz CT molecular complexity index is 776. The van der Waals surface area contributed by atoms with Crippen LogP contribution in [0.25, 0.3) is 0 Å². The second kappa shape index (κ2) is 7.23. The third kappa shape index (κ3) is 3.82. The van der Waals surface area contributed by atoms with Crippen molar-refractivity contribution in [1.29, 1.82) is 0 Å². The van der Waals surface area contributed by atoms with Crippen LogP contribution in [0, 0.1) is 12.7 Å². The van der Waals surface area contributed by atoms with E-state index in [0.717, 1.165) is 16.9 Å². The molecule has 1 atom stereocenters. The SMILES string of the molecule is Cc1ccc2c(c1)CN(C(=O)c1ccccc1F)C(CN(C)C)CO2. The van der Waals surface area contributed by atoms with E-state index < -0.39 is 5.82 Å². The first-order valence-corrected chi connectivity index (χ1v) is 8.38. The van der Waals surface area contributed by atoms with Crippen LogP contribution in [0.3, 0.4) is 0 Å². The molecule has 2 aromatic rings. The number of fused-ring (bicyclic) bond motifs is 1. The quantitative estimate of drug-likeness (QED) is 0.859. The molecule has 2 aromatic carbocycles. The van der Waals surface area contributed by atoms with E-state index in [-0.39, 0.29) is 17.5 Å². The molecule has 3 rings (SSSR count). The number of halogens is 1. The predicted octanol–water partition coefficient (Wildman–Crippen LogP) is 3.10. The molecule has 1 aliphatic heterocycles. The number of aryl methyl sites for hydroxylation is 1. The van der Waals surface area contributed by atoms with E-state index in [1.165, 1.54) is 12.1 Å². The van der Waals surface area contributed by atoms with Gasteiger partial charge >= 0.3 is 0 Å². The van der Waals surface area contributed by atoms with E-state index in [1.807, 2.05) is 44.1 Å². The highest BCUT2D eigenvalue weighted by atomic mass is 19.1. The lowest BCUT2D eigenvalue weighted by molar-refractivity contribution is 0.0579. The highest BCUT2D eigenvalue weighted by molar-refractivity contribution is 5.94. The summed E-state index contributed by atoms with van der Waals surface area (Å²) in [7, 11) is 3.90. The number of benzene rings is 2. The van der Waals surface area contributed by atoms with Gasteiger partial charge in [0.05, 0.1) is 18.2 Å². The molecule has 5 heteroatoms. The van der Waals surface area contributed by atoms with Gasteiger partial charge in [-0.25, -0.2) is 4.39 Å². The van der Waals surface area contributed by atoms with E-state index >= 15 is 0 Å². The summed E-state index contributed by atoms with van der Waals surface area (Å²) < 4.78 is 20.1. The average molecular weight is 342 g/mol. The standard InChI is InChI=1S/C20H23FN2O2/c1-14-8-9-19-15(10-14)11-23(16(13-25-19)12-22(2)3)20(24)17-6-4-5-7-18(17)21/h4-10,16H,11-13H2,1-3H3. The third-order valence-electron chi connectivity index (χ3n) is 4.37. The van der Waals surface area contributed by atoms with Gasteiger partial charge in [-0.05, 0) is 39.2 Å². The predicted molar refractivity (Wildman–Crippen MR) is 95.3 cm³/mol. The van der Waals surface area contributed by atoms with Crippen molar-refractivity contribution in [2.24, 2.45) is 0 Å². The van der Waals surface area contributed by atoms with E-state index in [1.54, 1.807) is 17.0 Å². The van der Waals surface area contributed by atoms with E-state index in [0.29, 0.717) is 19.7 Å². The zero-order valence-corrected chi connectivity index (χ0v) is 14.8. The minimum Gasteiger partial charge on any atom is -0.491 e. The van der Waals surface area contributed by atoms with Gasteiger partial charge in [-0.2, -0.15) is 0 Å². The van der Waals surface area contributed by atoms with Crippen LogP contribution in [0.2, 0.25) is 0 Å². The number of carbonyl (C=O) groups excluding carboxylic acids is 1. The normalized spacial score (nSPS) is 17.0. The Morgan fingerprint density at radius 2 is 2.04 bits per heavy atom. The molecule has 1 amide bonds. The van der Waals surface area contributed by atoms with Crippen LogP contribution in [-0.4, -0.2) is 49.0 Å². The Morgan fingerprint density at radius 1 is 1.28 bits per heavy atom. The molecule has 1 aliphatic rings. The minimum absolute atomic E-state index is 0.0994. The molecule has 0 saturated carbocycles. The van der Waals surface area contributed by atoms with Gasteiger partial charge in [0.2, 0.25) is 0 Å². The van der Waals surface area contributed by atoms with Crippen LogP contribution >= 0.6 is 0 Å². The molecule has 0 radical (unpaired) electrons. The number of hydrogen-bond acceptors (Lipinski definition) is 3. The van der Waals surface area contributed by atoms with Crippen molar-refractivity contribution in [2.75, 3.05) is 27.2 Å². The molecule has 0 bridgehead atoms. The van der Waals surface area contributed by atoms with Crippen LogP contribution in [0.5, 0.6) is 5.75 Å². The lowest BCUT2D eigenvalue weighted by Crippen LogP contribution is -2.47. The van der Waals surface area contributed by atoms with Crippen molar-refractivity contribution in [3.8, 4) is 5.75 Å². The Morgan fingerprint density at radius 3 is 2.76 bits per heavy atom. The average Bonchev–Trinajstić information content (AvgIpc) is 2.74. The van der Waals surface area contributed by atoms with Crippen LogP contribution in [0.4, 0.5) is 4.39 Å². The first-order valence-electron chi connectivity index (χ1n) is 8.38. The minimum atomic E-state index is -0.495. The van der Waals surface area contributed by atoms with Gasteiger partial charge in [0.15, 0.2) is 0 Å². The van der Waals surface area contributed by atoms with Crippen LogP contribution in [0.1, 0.15) is 21.5 Å². The molecule has 0 fully saturated rings. The largest absolute Gasteiger partial charge is 0.491 e. The van der Waals surface area contributed by atoms with Crippen molar-refractivity contribution in [3.63, 3.8) is 0 Å². The summed E-state index contributed by atoms with van der Waals surface area (Å²) >= 11 is 0. The molecule has 25 heavy (non-hydrogen) atoms. The molecule has 0 saturated heterocycles. The molecule has 0 spiro atoms. The summed E-state index contributed by atoms with van der Waals surface area (Å²) in [6, 6.07) is 11.9. The maximum absolute atomic E-state index is 14.2. The van der Waals surface area contributed by atoms with Crippen molar-refractivity contribution < 1.29 is 13.9 Å². The van der Waals surface area contributed by atoms with Gasteiger partial charge in [-0.15, -0.1) is 0 Å². The monoisotopic (exact) mass is 342 g/mol. The number of amides is 1. The molecule has 0 aliphatic carbocycles. The van der Waals surface area contributed by atoms with Crippen molar-refractivity contribution in [1.82, 2.24) is 9.80 Å². The molecule has 1 unspecified atom stereocenters. The molecule has 0 aromatic heterocycles. The number of carbonyl (C=O) groups is 1.